The summed E-state index contributed by atoms with van der Waals surface area (Å²) in [6.45, 7) is 1.96. The fraction of sp³-hybridized carbons (Fsp3) is 0.375. The molecule has 1 atom stereocenters. The van der Waals surface area contributed by atoms with Gasteiger partial charge in [0.25, 0.3) is 0 Å². The van der Waals surface area contributed by atoms with Gasteiger partial charge in [0.1, 0.15) is 0 Å². The van der Waals surface area contributed by atoms with Gasteiger partial charge in [0.05, 0.1) is 5.92 Å². The van der Waals surface area contributed by atoms with Crippen molar-refractivity contribution in [2.45, 2.75) is 19.3 Å². The molecule has 1 aromatic heterocycles. The van der Waals surface area contributed by atoms with Crippen molar-refractivity contribution >= 4 is 28.2 Å². The van der Waals surface area contributed by atoms with Crippen LogP contribution in [-0.4, -0.2) is 5.24 Å². The molecule has 0 spiro atoms. The largest absolute Gasteiger partial charge is 0.281 e. The zero-order chi connectivity index (χ0) is 8.27. The van der Waals surface area contributed by atoms with E-state index in [0.717, 1.165) is 11.3 Å². The molecule has 0 fully saturated rings. The molecular weight excluding hydrogens is 180 g/mol. The first-order chi connectivity index (χ1) is 5.25. The standard InChI is InChI=1S/C8H9ClOS/c1-2-6(8(9)10)7-4-3-5-11-7/h3-6H,2H2,1H3. The van der Waals surface area contributed by atoms with Gasteiger partial charge in [-0.25, -0.2) is 0 Å². The number of thiophene rings is 1. The number of halogens is 1. The Balaban J connectivity index is 2.79. The summed E-state index contributed by atoms with van der Waals surface area (Å²) in [7, 11) is 0. The summed E-state index contributed by atoms with van der Waals surface area (Å²) in [5.41, 5.74) is 0. The monoisotopic (exact) mass is 188 g/mol. The van der Waals surface area contributed by atoms with E-state index >= 15 is 0 Å². The lowest BCUT2D eigenvalue weighted by atomic mass is 10.1. The van der Waals surface area contributed by atoms with Crippen LogP contribution in [0.1, 0.15) is 24.1 Å². The van der Waals surface area contributed by atoms with Crippen molar-refractivity contribution in [2.24, 2.45) is 0 Å². The maximum Gasteiger partial charge on any atom is 0.229 e. The predicted molar refractivity (Wildman–Crippen MR) is 48.2 cm³/mol. The number of hydrogen-bond donors (Lipinski definition) is 0. The van der Waals surface area contributed by atoms with Crippen LogP contribution in [0.5, 0.6) is 0 Å². The quantitative estimate of drug-likeness (QED) is 0.667. The van der Waals surface area contributed by atoms with E-state index in [9.17, 15) is 4.79 Å². The lowest BCUT2D eigenvalue weighted by Gasteiger charge is -2.05. The molecule has 0 aliphatic carbocycles. The minimum absolute atomic E-state index is 0.100. The molecule has 0 amide bonds. The molecule has 60 valence electrons. The fourth-order valence-electron chi connectivity index (χ4n) is 0.963. The van der Waals surface area contributed by atoms with E-state index in [4.69, 9.17) is 11.6 Å². The van der Waals surface area contributed by atoms with E-state index in [1.807, 2.05) is 24.4 Å². The number of hydrogen-bond acceptors (Lipinski definition) is 2. The van der Waals surface area contributed by atoms with E-state index in [2.05, 4.69) is 0 Å². The van der Waals surface area contributed by atoms with Crippen LogP contribution < -0.4 is 0 Å². The van der Waals surface area contributed by atoms with E-state index in [-0.39, 0.29) is 11.2 Å². The molecule has 0 aliphatic heterocycles. The van der Waals surface area contributed by atoms with Gasteiger partial charge in [-0.05, 0) is 29.5 Å². The Morgan fingerprint density at radius 3 is 2.91 bits per heavy atom. The van der Waals surface area contributed by atoms with E-state index in [0.29, 0.717) is 0 Å². The average Bonchev–Trinajstić information content (AvgIpc) is 2.40. The lowest BCUT2D eigenvalue weighted by molar-refractivity contribution is -0.113. The van der Waals surface area contributed by atoms with Gasteiger partial charge >= 0.3 is 0 Å². The minimum Gasteiger partial charge on any atom is -0.281 e. The molecule has 3 heteroatoms. The molecule has 0 aromatic carbocycles. The third kappa shape index (κ3) is 2.04. The van der Waals surface area contributed by atoms with Crippen LogP contribution >= 0.6 is 22.9 Å². The highest BCUT2D eigenvalue weighted by molar-refractivity contribution is 7.10. The van der Waals surface area contributed by atoms with Gasteiger partial charge in [-0.3, -0.25) is 4.79 Å². The van der Waals surface area contributed by atoms with E-state index < -0.39 is 0 Å². The van der Waals surface area contributed by atoms with Crippen molar-refractivity contribution in [3.05, 3.63) is 22.4 Å². The predicted octanol–water partition coefficient (Wildman–Crippen LogP) is 3.01. The number of rotatable bonds is 3. The second-order valence-corrected chi connectivity index (χ2v) is 3.63. The van der Waals surface area contributed by atoms with Crippen molar-refractivity contribution in [2.75, 3.05) is 0 Å². The van der Waals surface area contributed by atoms with Crippen molar-refractivity contribution in [3.8, 4) is 0 Å². The molecule has 0 saturated carbocycles. The second kappa shape index (κ2) is 3.88. The molecular formula is C8H9ClOS. The Bertz CT molecular complexity index is 230. The SMILES string of the molecule is CCC(C(=O)Cl)c1cccs1. The molecule has 1 aromatic rings. The van der Waals surface area contributed by atoms with Crippen molar-refractivity contribution in [1.82, 2.24) is 0 Å². The summed E-state index contributed by atoms with van der Waals surface area (Å²) < 4.78 is 0. The lowest BCUT2D eigenvalue weighted by Crippen LogP contribution is -2.02. The van der Waals surface area contributed by atoms with Crippen molar-refractivity contribution in [1.29, 1.82) is 0 Å². The molecule has 0 bridgehead atoms. The zero-order valence-electron chi connectivity index (χ0n) is 6.21. The average molecular weight is 189 g/mol. The Hall–Kier alpha value is -0.340. The number of carbonyl (C=O) groups excluding carboxylic acids is 1. The molecule has 1 nitrogen and oxygen atoms in total. The highest BCUT2D eigenvalue weighted by Gasteiger charge is 2.16. The normalized spacial score (nSPS) is 12.9. The summed E-state index contributed by atoms with van der Waals surface area (Å²) in [5, 5.41) is 1.70. The molecule has 1 heterocycles. The maximum atomic E-state index is 10.8. The molecule has 0 radical (unpaired) electrons. The first-order valence-corrected chi connectivity index (χ1v) is 4.74. The van der Waals surface area contributed by atoms with Gasteiger partial charge in [-0.2, -0.15) is 0 Å². The van der Waals surface area contributed by atoms with E-state index in [1.165, 1.54) is 0 Å². The van der Waals surface area contributed by atoms with Crippen LogP contribution in [0.25, 0.3) is 0 Å². The highest BCUT2D eigenvalue weighted by Crippen LogP contribution is 2.25. The van der Waals surface area contributed by atoms with Crippen LogP contribution in [-0.2, 0) is 4.79 Å². The molecule has 0 saturated heterocycles. The summed E-state index contributed by atoms with van der Waals surface area (Å²) in [6, 6.07) is 3.88. The van der Waals surface area contributed by atoms with Gasteiger partial charge in [-0.1, -0.05) is 13.0 Å². The Morgan fingerprint density at radius 1 is 1.82 bits per heavy atom. The Kier molecular flexibility index (Phi) is 3.09. The topological polar surface area (TPSA) is 17.1 Å². The zero-order valence-corrected chi connectivity index (χ0v) is 7.78. The van der Waals surface area contributed by atoms with Crippen LogP contribution in [0.15, 0.2) is 17.5 Å². The van der Waals surface area contributed by atoms with Gasteiger partial charge in [0, 0.05) is 4.88 Å². The smallest absolute Gasteiger partial charge is 0.229 e. The summed E-state index contributed by atoms with van der Waals surface area (Å²) in [5.74, 6) is -0.100. The molecule has 1 rings (SSSR count). The van der Waals surface area contributed by atoms with E-state index in [1.54, 1.807) is 11.3 Å². The van der Waals surface area contributed by atoms with Gasteiger partial charge in [0.15, 0.2) is 0 Å². The van der Waals surface area contributed by atoms with Crippen LogP contribution in [0, 0.1) is 0 Å². The summed E-state index contributed by atoms with van der Waals surface area (Å²) >= 11 is 6.98. The third-order valence-electron chi connectivity index (χ3n) is 1.57. The van der Waals surface area contributed by atoms with Crippen molar-refractivity contribution in [3.63, 3.8) is 0 Å². The van der Waals surface area contributed by atoms with Crippen LogP contribution in [0.4, 0.5) is 0 Å². The molecule has 0 aliphatic rings. The molecule has 1 unspecified atom stereocenters. The third-order valence-corrected chi connectivity index (χ3v) is 2.82. The Labute approximate surface area is 75.0 Å². The summed E-state index contributed by atoms with van der Waals surface area (Å²) in [4.78, 5) is 11.9. The number of carbonyl (C=O) groups is 1. The van der Waals surface area contributed by atoms with Gasteiger partial charge in [0.2, 0.25) is 5.24 Å². The highest BCUT2D eigenvalue weighted by atomic mass is 35.5. The first-order valence-electron chi connectivity index (χ1n) is 3.48. The Morgan fingerprint density at radius 2 is 2.55 bits per heavy atom. The first kappa shape index (κ1) is 8.75. The minimum atomic E-state index is -0.255. The maximum absolute atomic E-state index is 10.8. The van der Waals surface area contributed by atoms with Crippen LogP contribution in [0.2, 0.25) is 0 Å². The van der Waals surface area contributed by atoms with Crippen molar-refractivity contribution < 1.29 is 4.79 Å². The second-order valence-electron chi connectivity index (χ2n) is 2.28. The molecule has 11 heavy (non-hydrogen) atoms. The summed E-state index contributed by atoms with van der Waals surface area (Å²) in [6.07, 6.45) is 0.781. The van der Waals surface area contributed by atoms with Gasteiger partial charge in [-0.15, -0.1) is 11.3 Å². The van der Waals surface area contributed by atoms with Crippen LogP contribution in [0.3, 0.4) is 0 Å². The fourth-order valence-corrected chi connectivity index (χ4v) is 2.21. The molecule has 0 N–H and O–H groups in total. The van der Waals surface area contributed by atoms with Gasteiger partial charge < -0.3 is 0 Å².